The Morgan fingerprint density at radius 1 is 1.22 bits per heavy atom. The fourth-order valence-corrected chi connectivity index (χ4v) is 4.38. The minimum Gasteiger partial charge on any atom is -0.322 e. The van der Waals surface area contributed by atoms with E-state index in [2.05, 4.69) is 22.9 Å². The van der Waals surface area contributed by atoms with Gasteiger partial charge in [-0.05, 0) is 49.9 Å². The van der Waals surface area contributed by atoms with Crippen molar-refractivity contribution in [3.8, 4) is 0 Å². The molecule has 0 spiro atoms. The molecule has 3 N–H and O–H groups in total. The highest BCUT2D eigenvalue weighted by atomic mass is 16.2. The molecular formula is C20H26N4O3. The first-order valence-corrected chi connectivity index (χ1v) is 9.77. The van der Waals surface area contributed by atoms with E-state index in [1.807, 2.05) is 18.2 Å². The van der Waals surface area contributed by atoms with Gasteiger partial charge in [0.25, 0.3) is 5.91 Å². The van der Waals surface area contributed by atoms with Gasteiger partial charge in [-0.3, -0.25) is 19.7 Å². The minimum absolute atomic E-state index is 0.117. The monoisotopic (exact) mass is 370 g/mol. The van der Waals surface area contributed by atoms with Crippen molar-refractivity contribution in [1.29, 1.82) is 0 Å². The van der Waals surface area contributed by atoms with E-state index in [4.69, 9.17) is 0 Å². The van der Waals surface area contributed by atoms with E-state index in [1.165, 1.54) is 0 Å². The molecule has 144 valence electrons. The van der Waals surface area contributed by atoms with Gasteiger partial charge in [0.2, 0.25) is 11.8 Å². The molecule has 2 saturated heterocycles. The van der Waals surface area contributed by atoms with Crippen molar-refractivity contribution in [3.63, 3.8) is 0 Å². The van der Waals surface area contributed by atoms with Gasteiger partial charge in [-0.2, -0.15) is 0 Å². The molecule has 0 saturated carbocycles. The second-order valence-electron chi connectivity index (χ2n) is 7.72. The first-order chi connectivity index (χ1) is 13.0. The number of imide groups is 1. The van der Waals surface area contributed by atoms with E-state index in [0.717, 1.165) is 30.5 Å². The van der Waals surface area contributed by atoms with Crippen molar-refractivity contribution in [2.45, 2.75) is 63.8 Å². The van der Waals surface area contributed by atoms with Crippen LogP contribution < -0.4 is 16.0 Å². The molecule has 1 aromatic carbocycles. The van der Waals surface area contributed by atoms with Gasteiger partial charge < -0.3 is 15.5 Å². The second-order valence-corrected chi connectivity index (χ2v) is 7.72. The van der Waals surface area contributed by atoms with Crippen molar-refractivity contribution in [1.82, 2.24) is 20.9 Å². The van der Waals surface area contributed by atoms with Crippen LogP contribution in [0.15, 0.2) is 18.2 Å². The highest BCUT2D eigenvalue weighted by Crippen LogP contribution is 2.30. The maximum absolute atomic E-state index is 12.9. The Morgan fingerprint density at radius 3 is 2.85 bits per heavy atom. The predicted octanol–water partition coefficient (Wildman–Crippen LogP) is 0.678. The second kappa shape index (κ2) is 7.40. The molecule has 3 heterocycles. The van der Waals surface area contributed by atoms with E-state index < -0.39 is 6.04 Å². The molecule has 1 unspecified atom stereocenters. The maximum Gasteiger partial charge on any atom is 0.255 e. The number of rotatable bonds is 4. The molecule has 3 atom stereocenters. The SMILES string of the molecule is C[C@H]1NCCC[C@H]1NCc1cccc2c1CN(C1CCC(=O)NC1=O)C2=O. The Kier molecular flexibility index (Phi) is 4.97. The fourth-order valence-electron chi connectivity index (χ4n) is 4.38. The molecule has 4 rings (SSSR count). The van der Waals surface area contributed by atoms with Crippen LogP contribution in [0.4, 0.5) is 0 Å². The zero-order valence-corrected chi connectivity index (χ0v) is 15.6. The molecule has 3 aliphatic heterocycles. The molecular weight excluding hydrogens is 344 g/mol. The van der Waals surface area contributed by atoms with Gasteiger partial charge in [0, 0.05) is 37.2 Å². The summed E-state index contributed by atoms with van der Waals surface area (Å²) in [5.41, 5.74) is 2.78. The van der Waals surface area contributed by atoms with Gasteiger partial charge >= 0.3 is 0 Å². The first-order valence-electron chi connectivity index (χ1n) is 9.77. The molecule has 1 aromatic rings. The molecule has 0 bridgehead atoms. The summed E-state index contributed by atoms with van der Waals surface area (Å²) in [7, 11) is 0. The van der Waals surface area contributed by atoms with E-state index in [0.29, 0.717) is 37.2 Å². The number of carbonyl (C=O) groups excluding carboxylic acids is 3. The van der Waals surface area contributed by atoms with E-state index >= 15 is 0 Å². The highest BCUT2D eigenvalue weighted by Gasteiger charge is 2.39. The number of hydrogen-bond donors (Lipinski definition) is 3. The van der Waals surface area contributed by atoms with Gasteiger partial charge in [0.05, 0.1) is 0 Å². The minimum atomic E-state index is -0.564. The van der Waals surface area contributed by atoms with Crippen molar-refractivity contribution in [3.05, 3.63) is 34.9 Å². The summed E-state index contributed by atoms with van der Waals surface area (Å²) in [6.07, 6.45) is 2.97. The number of nitrogens with zero attached hydrogens (tertiary/aromatic N) is 1. The normalized spacial score (nSPS) is 28.3. The number of benzene rings is 1. The molecule has 7 heteroatoms. The van der Waals surface area contributed by atoms with Crippen molar-refractivity contribution in [2.75, 3.05) is 6.54 Å². The lowest BCUT2D eigenvalue weighted by Gasteiger charge is -2.31. The summed E-state index contributed by atoms with van der Waals surface area (Å²) < 4.78 is 0. The smallest absolute Gasteiger partial charge is 0.255 e. The molecule has 0 aromatic heterocycles. The third-order valence-corrected chi connectivity index (χ3v) is 6.00. The van der Waals surface area contributed by atoms with Gasteiger partial charge in [-0.15, -0.1) is 0 Å². The van der Waals surface area contributed by atoms with Gasteiger partial charge in [-0.25, -0.2) is 0 Å². The largest absolute Gasteiger partial charge is 0.322 e. The van der Waals surface area contributed by atoms with Crippen LogP contribution in [0.3, 0.4) is 0 Å². The van der Waals surface area contributed by atoms with Crippen LogP contribution in [0.25, 0.3) is 0 Å². The van der Waals surface area contributed by atoms with E-state index in [1.54, 1.807) is 4.90 Å². The summed E-state index contributed by atoms with van der Waals surface area (Å²) in [4.78, 5) is 38.1. The third-order valence-electron chi connectivity index (χ3n) is 6.00. The van der Waals surface area contributed by atoms with Crippen molar-refractivity contribution in [2.24, 2.45) is 0 Å². The van der Waals surface area contributed by atoms with Crippen LogP contribution in [-0.4, -0.2) is 47.3 Å². The summed E-state index contributed by atoms with van der Waals surface area (Å²) in [6, 6.07) is 6.07. The summed E-state index contributed by atoms with van der Waals surface area (Å²) in [5.74, 6) is -0.747. The molecule has 0 radical (unpaired) electrons. The molecule has 0 aliphatic carbocycles. The number of amides is 3. The maximum atomic E-state index is 12.9. The average molecular weight is 370 g/mol. The highest BCUT2D eigenvalue weighted by molar-refractivity contribution is 6.05. The molecule has 27 heavy (non-hydrogen) atoms. The predicted molar refractivity (Wildman–Crippen MR) is 99.8 cm³/mol. The Bertz CT molecular complexity index is 778. The van der Waals surface area contributed by atoms with Crippen LogP contribution in [0, 0.1) is 0 Å². The first kappa shape index (κ1) is 18.1. The fraction of sp³-hybridized carbons (Fsp3) is 0.550. The quantitative estimate of drug-likeness (QED) is 0.678. The summed E-state index contributed by atoms with van der Waals surface area (Å²) in [6.45, 7) is 4.39. The molecule has 7 nitrogen and oxygen atoms in total. The Hall–Kier alpha value is -2.25. The van der Waals surface area contributed by atoms with Crippen LogP contribution >= 0.6 is 0 Å². The van der Waals surface area contributed by atoms with Crippen LogP contribution in [0.5, 0.6) is 0 Å². The average Bonchev–Trinajstić information content (AvgIpc) is 2.98. The number of fused-ring (bicyclic) bond motifs is 1. The van der Waals surface area contributed by atoms with Crippen LogP contribution in [-0.2, 0) is 22.7 Å². The number of nitrogens with one attached hydrogen (secondary N) is 3. The number of piperidine rings is 2. The van der Waals surface area contributed by atoms with Gasteiger partial charge in [0.1, 0.15) is 6.04 Å². The van der Waals surface area contributed by atoms with Gasteiger partial charge in [0.15, 0.2) is 0 Å². The zero-order chi connectivity index (χ0) is 19.0. The molecule has 3 amide bonds. The Labute approximate surface area is 158 Å². The molecule has 3 aliphatic rings. The van der Waals surface area contributed by atoms with Gasteiger partial charge in [-0.1, -0.05) is 12.1 Å². The Morgan fingerprint density at radius 2 is 2.07 bits per heavy atom. The third kappa shape index (κ3) is 3.49. The van der Waals surface area contributed by atoms with Crippen molar-refractivity contribution >= 4 is 17.7 Å². The van der Waals surface area contributed by atoms with Crippen LogP contribution in [0.1, 0.15) is 54.1 Å². The topological polar surface area (TPSA) is 90.5 Å². The summed E-state index contributed by atoms with van der Waals surface area (Å²) in [5, 5.41) is 9.46. The van der Waals surface area contributed by atoms with E-state index in [-0.39, 0.29) is 24.1 Å². The summed E-state index contributed by atoms with van der Waals surface area (Å²) >= 11 is 0. The lowest BCUT2D eigenvalue weighted by Crippen LogP contribution is -2.52. The number of carbonyl (C=O) groups is 3. The number of hydrogen-bond acceptors (Lipinski definition) is 5. The standard InChI is InChI=1S/C20H26N4O3/c1-12-16(6-3-9-21-12)22-10-13-4-2-5-14-15(13)11-24(20(14)27)17-7-8-18(25)23-19(17)26/h2,4-5,12,16-17,21-22H,3,6-11H2,1H3,(H,23,25,26)/t12-,16-,17?/m1/s1. The Balaban J connectivity index is 1.49. The molecule has 2 fully saturated rings. The zero-order valence-electron chi connectivity index (χ0n) is 15.6. The lowest BCUT2D eigenvalue weighted by atomic mass is 9.98. The van der Waals surface area contributed by atoms with E-state index in [9.17, 15) is 14.4 Å². The van der Waals surface area contributed by atoms with Crippen molar-refractivity contribution < 1.29 is 14.4 Å². The lowest BCUT2D eigenvalue weighted by molar-refractivity contribution is -0.136. The van der Waals surface area contributed by atoms with Crippen LogP contribution in [0.2, 0.25) is 0 Å².